The molecule has 3 aromatic rings. The smallest absolute Gasteiger partial charge is 0.258 e. The van der Waals surface area contributed by atoms with Gasteiger partial charge in [0.25, 0.3) is 5.56 Å². The molecular weight excluding hydrogens is 407 g/mol. The van der Waals surface area contributed by atoms with Crippen LogP contribution in [0.1, 0.15) is 48.7 Å². The molecule has 0 bridgehead atoms. The third-order valence-electron chi connectivity index (χ3n) is 5.84. The minimum absolute atomic E-state index is 0.0210. The van der Waals surface area contributed by atoms with Crippen LogP contribution < -0.4 is 10.3 Å². The van der Waals surface area contributed by atoms with Crippen LogP contribution in [-0.4, -0.2) is 10.4 Å². The number of nitrogens with zero attached hydrogens (tertiary/aromatic N) is 1. The largest absolute Gasteiger partial charge is 0.461 e. The lowest BCUT2D eigenvalue weighted by molar-refractivity contribution is 0.101. The number of benzene rings is 2. The van der Waals surface area contributed by atoms with Gasteiger partial charge in [-0.2, -0.15) is 0 Å². The zero-order valence-electron chi connectivity index (χ0n) is 16.9. The number of ether oxygens (including phenoxy) is 1. The van der Waals surface area contributed by atoms with Crippen molar-refractivity contribution in [3.05, 3.63) is 75.0 Å². The van der Waals surface area contributed by atoms with Crippen molar-refractivity contribution >= 4 is 16.7 Å². The summed E-state index contributed by atoms with van der Waals surface area (Å²) >= 11 is 0. The Morgan fingerprint density at radius 3 is 2.39 bits per heavy atom. The molecular formula is C24H18F3NO3. The molecule has 1 aliphatic carbocycles. The maximum atomic E-state index is 15.2. The molecule has 2 aliphatic rings. The molecule has 4 nitrogen and oxygen atoms in total. The first kappa shape index (κ1) is 19.6. The Balaban J connectivity index is 1.81. The molecule has 2 aromatic carbocycles. The maximum absolute atomic E-state index is 15.2. The Morgan fingerprint density at radius 2 is 1.71 bits per heavy atom. The van der Waals surface area contributed by atoms with E-state index in [2.05, 4.69) is 0 Å². The number of hydrogen-bond donors (Lipinski definition) is 0. The summed E-state index contributed by atoms with van der Waals surface area (Å²) in [7, 11) is 0. The van der Waals surface area contributed by atoms with Crippen molar-refractivity contribution in [2.75, 3.05) is 0 Å². The van der Waals surface area contributed by atoms with Gasteiger partial charge < -0.3 is 9.30 Å². The lowest BCUT2D eigenvalue weighted by Crippen LogP contribution is -2.26. The number of Topliss-reactive ketones (excluding diaryl/α,β-unsaturated/α-hetero) is 1. The minimum Gasteiger partial charge on any atom is -0.461 e. The molecule has 0 amide bonds. The first-order valence-corrected chi connectivity index (χ1v) is 10.0. The van der Waals surface area contributed by atoms with Gasteiger partial charge in [-0.25, -0.2) is 13.2 Å². The van der Waals surface area contributed by atoms with E-state index in [1.54, 1.807) is 17.6 Å². The average Bonchev–Trinajstić information content (AvgIpc) is 3.54. The lowest BCUT2D eigenvalue weighted by atomic mass is 9.97. The predicted molar refractivity (Wildman–Crippen MR) is 110 cm³/mol. The molecule has 0 saturated heterocycles. The van der Waals surface area contributed by atoms with Crippen molar-refractivity contribution in [3.63, 3.8) is 0 Å². The van der Waals surface area contributed by atoms with E-state index >= 15 is 4.39 Å². The fourth-order valence-corrected chi connectivity index (χ4v) is 4.13. The van der Waals surface area contributed by atoms with Crippen LogP contribution in [0.25, 0.3) is 22.0 Å². The van der Waals surface area contributed by atoms with Crippen molar-refractivity contribution in [1.29, 1.82) is 0 Å². The number of pyridine rings is 1. The summed E-state index contributed by atoms with van der Waals surface area (Å²) in [5.74, 6) is -2.34. The van der Waals surface area contributed by atoms with E-state index in [0.29, 0.717) is 34.4 Å². The highest BCUT2D eigenvalue weighted by molar-refractivity contribution is 5.95. The molecule has 31 heavy (non-hydrogen) atoms. The molecule has 158 valence electrons. The highest BCUT2D eigenvalue weighted by Gasteiger charge is 2.31. The first-order chi connectivity index (χ1) is 14.8. The van der Waals surface area contributed by atoms with Crippen LogP contribution in [0.5, 0.6) is 5.75 Å². The van der Waals surface area contributed by atoms with Crippen LogP contribution in [0.4, 0.5) is 13.2 Å². The molecule has 1 aromatic heterocycles. The molecule has 7 heteroatoms. The number of aromatic nitrogens is 1. The summed E-state index contributed by atoms with van der Waals surface area (Å²) < 4.78 is 51.7. The first-order valence-electron chi connectivity index (χ1n) is 10.0. The second-order valence-electron chi connectivity index (χ2n) is 8.05. The van der Waals surface area contributed by atoms with E-state index in [1.807, 2.05) is 0 Å². The number of rotatable bonds is 3. The lowest BCUT2D eigenvalue weighted by Gasteiger charge is -2.21. The van der Waals surface area contributed by atoms with Gasteiger partial charge in [-0.15, -0.1) is 0 Å². The highest BCUT2D eigenvalue weighted by Crippen LogP contribution is 2.42. The van der Waals surface area contributed by atoms with Crippen LogP contribution in [0, 0.1) is 17.5 Å². The Morgan fingerprint density at radius 1 is 1.03 bits per heavy atom. The number of fused-ring (bicyclic) bond motifs is 3. The number of carbonyl (C=O) groups excluding carboxylic acids is 1. The second-order valence-corrected chi connectivity index (χ2v) is 8.05. The molecule has 2 heterocycles. The average molecular weight is 425 g/mol. The molecule has 0 spiro atoms. The number of allylic oxidation sites excluding steroid dienone is 2. The molecule has 0 radical (unpaired) electrons. The Bertz CT molecular complexity index is 1380. The van der Waals surface area contributed by atoms with Crippen LogP contribution in [0.2, 0.25) is 0 Å². The van der Waals surface area contributed by atoms with Crippen molar-refractivity contribution in [2.24, 2.45) is 0 Å². The standard InChI is InChI=1S/C24H18F3NO3/c1-11-3-6-14-23(31-11)18-9-21(27)17(10-22(18)28(24(14)30)13-4-5-13)16-8-19(25)15(12(2)29)7-20(16)26/h3,7-10,13H,4-6H2,1-2H3. The molecule has 1 fully saturated rings. The Labute approximate surface area is 175 Å². The normalized spacial score (nSPS) is 15.5. The van der Waals surface area contributed by atoms with Gasteiger partial charge in [0.1, 0.15) is 23.2 Å². The zero-order valence-corrected chi connectivity index (χ0v) is 16.9. The van der Waals surface area contributed by atoms with E-state index < -0.39 is 28.8 Å². The second kappa shape index (κ2) is 6.83. The molecule has 0 N–H and O–H groups in total. The zero-order chi connectivity index (χ0) is 22.0. The van der Waals surface area contributed by atoms with Gasteiger partial charge in [0.15, 0.2) is 5.78 Å². The van der Waals surface area contributed by atoms with E-state index in [9.17, 15) is 18.4 Å². The highest BCUT2D eigenvalue weighted by atomic mass is 19.1. The van der Waals surface area contributed by atoms with E-state index in [1.165, 1.54) is 12.1 Å². The van der Waals surface area contributed by atoms with E-state index in [4.69, 9.17) is 4.74 Å². The Hall–Kier alpha value is -3.35. The fourth-order valence-electron chi connectivity index (χ4n) is 4.13. The molecule has 0 atom stereocenters. The number of carbonyl (C=O) groups is 1. The quantitative estimate of drug-likeness (QED) is 0.524. The van der Waals surface area contributed by atoms with Crippen molar-refractivity contribution < 1.29 is 22.7 Å². The van der Waals surface area contributed by atoms with E-state index in [-0.39, 0.29) is 22.7 Å². The maximum Gasteiger partial charge on any atom is 0.258 e. The summed E-state index contributed by atoms with van der Waals surface area (Å²) in [4.78, 5) is 24.7. The summed E-state index contributed by atoms with van der Waals surface area (Å²) in [6.07, 6.45) is 3.81. The number of hydrogen-bond acceptors (Lipinski definition) is 3. The molecule has 5 rings (SSSR count). The van der Waals surface area contributed by atoms with Gasteiger partial charge >= 0.3 is 0 Å². The molecule has 1 saturated carbocycles. The Kier molecular flexibility index (Phi) is 4.32. The van der Waals surface area contributed by atoms with Crippen LogP contribution >= 0.6 is 0 Å². The van der Waals surface area contributed by atoms with Crippen LogP contribution in [-0.2, 0) is 6.42 Å². The van der Waals surface area contributed by atoms with Crippen LogP contribution in [0.3, 0.4) is 0 Å². The topological polar surface area (TPSA) is 48.3 Å². The van der Waals surface area contributed by atoms with Gasteiger partial charge in [0.2, 0.25) is 0 Å². The summed E-state index contributed by atoms with van der Waals surface area (Å²) in [6, 6.07) is 4.14. The summed E-state index contributed by atoms with van der Waals surface area (Å²) in [6.45, 7) is 2.88. The predicted octanol–water partition coefficient (Wildman–Crippen LogP) is 5.46. The molecule has 0 unspecified atom stereocenters. The summed E-state index contributed by atoms with van der Waals surface area (Å²) in [5.41, 5.74) is -0.248. The SMILES string of the molecule is CC(=O)c1cc(F)c(-c2cc3c(cc2F)c2c(c(=O)n3C3CC3)CC=C(C)O2)cc1F. The summed E-state index contributed by atoms with van der Waals surface area (Å²) in [5, 5.41) is 0.413. The van der Waals surface area contributed by atoms with Gasteiger partial charge in [-0.05, 0) is 57.0 Å². The number of halogens is 3. The third-order valence-corrected chi connectivity index (χ3v) is 5.84. The van der Waals surface area contributed by atoms with Gasteiger partial charge in [-0.3, -0.25) is 9.59 Å². The van der Waals surface area contributed by atoms with E-state index in [0.717, 1.165) is 31.9 Å². The van der Waals surface area contributed by atoms with Crippen molar-refractivity contribution in [3.8, 4) is 16.9 Å². The van der Waals surface area contributed by atoms with Gasteiger partial charge in [-0.1, -0.05) is 0 Å². The van der Waals surface area contributed by atoms with Crippen molar-refractivity contribution in [1.82, 2.24) is 4.57 Å². The minimum atomic E-state index is -0.933. The van der Waals surface area contributed by atoms with Gasteiger partial charge in [0.05, 0.1) is 22.4 Å². The molecule has 1 aliphatic heterocycles. The van der Waals surface area contributed by atoms with Gasteiger partial charge in [0, 0.05) is 29.0 Å². The number of ketones is 1. The van der Waals surface area contributed by atoms with Crippen LogP contribution in [0.15, 0.2) is 40.9 Å². The fraction of sp³-hybridized carbons (Fsp3) is 0.250. The van der Waals surface area contributed by atoms with Crippen molar-refractivity contribution in [2.45, 2.75) is 39.2 Å². The monoisotopic (exact) mass is 425 g/mol. The third kappa shape index (κ3) is 3.07.